The average Bonchev–Trinajstić information content (AvgIpc) is 2.79. The first-order valence-corrected chi connectivity index (χ1v) is 5.93. The van der Waals surface area contributed by atoms with Crippen molar-refractivity contribution in [2.45, 2.75) is 6.42 Å². The fraction of sp³-hybridized carbons (Fsp3) is 0.308. The van der Waals surface area contributed by atoms with Crippen molar-refractivity contribution in [2.75, 3.05) is 18.0 Å². The zero-order chi connectivity index (χ0) is 13.8. The summed E-state index contributed by atoms with van der Waals surface area (Å²) in [6.45, 7) is -0.136. The number of carbonyl (C=O) groups excluding carboxylic acids is 2. The quantitative estimate of drug-likeness (QED) is 0.813. The molecule has 19 heavy (non-hydrogen) atoms. The number of aliphatic carboxylic acids is 1. The van der Waals surface area contributed by atoms with Gasteiger partial charge in [-0.3, -0.25) is 14.4 Å². The fourth-order valence-corrected chi connectivity index (χ4v) is 2.05. The third-order valence-electron chi connectivity index (χ3n) is 2.98. The number of carboxylic acid groups (broad SMARTS) is 1. The topological polar surface area (TPSA) is 86.7 Å². The lowest BCUT2D eigenvalue weighted by Gasteiger charge is -2.16. The number of amides is 2. The molecule has 1 saturated heterocycles. The van der Waals surface area contributed by atoms with Crippen molar-refractivity contribution in [2.24, 2.45) is 5.92 Å². The number of anilines is 1. The normalized spacial score (nSPS) is 18.4. The van der Waals surface area contributed by atoms with Crippen LogP contribution in [0.15, 0.2) is 30.3 Å². The summed E-state index contributed by atoms with van der Waals surface area (Å²) in [5.74, 6) is -2.11. The van der Waals surface area contributed by atoms with Gasteiger partial charge in [-0.25, -0.2) is 0 Å². The number of rotatable bonds is 4. The Kier molecular flexibility index (Phi) is 3.79. The minimum absolute atomic E-state index is 0.111. The molecule has 0 aromatic heterocycles. The zero-order valence-corrected chi connectivity index (χ0v) is 10.2. The number of hydrogen-bond donors (Lipinski definition) is 2. The molecule has 2 N–H and O–H groups in total. The molecule has 1 fully saturated rings. The van der Waals surface area contributed by atoms with Crippen LogP contribution >= 0.6 is 0 Å². The highest BCUT2D eigenvalue weighted by atomic mass is 16.4. The monoisotopic (exact) mass is 262 g/mol. The first-order valence-electron chi connectivity index (χ1n) is 5.93. The molecule has 1 aromatic carbocycles. The summed E-state index contributed by atoms with van der Waals surface area (Å²) in [5, 5.41) is 10.8. The summed E-state index contributed by atoms with van der Waals surface area (Å²) >= 11 is 0. The third-order valence-corrected chi connectivity index (χ3v) is 2.98. The van der Waals surface area contributed by atoms with Gasteiger partial charge in [-0.2, -0.15) is 0 Å². The van der Waals surface area contributed by atoms with Crippen LogP contribution in [-0.4, -0.2) is 36.0 Å². The maximum atomic E-state index is 11.9. The average molecular weight is 262 g/mol. The summed E-state index contributed by atoms with van der Waals surface area (Å²) in [6.07, 6.45) is 0.111. The lowest BCUT2D eigenvalue weighted by atomic mass is 10.1. The fourth-order valence-electron chi connectivity index (χ4n) is 2.05. The Morgan fingerprint density at radius 2 is 2.00 bits per heavy atom. The van der Waals surface area contributed by atoms with Crippen LogP contribution in [0.5, 0.6) is 0 Å². The van der Waals surface area contributed by atoms with E-state index in [0.717, 1.165) is 5.69 Å². The predicted molar refractivity (Wildman–Crippen MR) is 67.5 cm³/mol. The Morgan fingerprint density at radius 1 is 1.32 bits per heavy atom. The van der Waals surface area contributed by atoms with Crippen molar-refractivity contribution in [3.05, 3.63) is 30.3 Å². The van der Waals surface area contributed by atoms with Crippen LogP contribution in [0.25, 0.3) is 0 Å². The molecule has 0 bridgehead atoms. The van der Waals surface area contributed by atoms with Crippen LogP contribution in [-0.2, 0) is 14.4 Å². The van der Waals surface area contributed by atoms with Crippen LogP contribution < -0.4 is 10.2 Å². The number of benzene rings is 1. The van der Waals surface area contributed by atoms with Crippen molar-refractivity contribution in [1.29, 1.82) is 0 Å². The molecular weight excluding hydrogens is 248 g/mol. The van der Waals surface area contributed by atoms with Gasteiger partial charge < -0.3 is 15.3 Å². The summed E-state index contributed by atoms with van der Waals surface area (Å²) in [6, 6.07) is 9.09. The second-order valence-corrected chi connectivity index (χ2v) is 4.35. The summed E-state index contributed by atoms with van der Waals surface area (Å²) in [5.41, 5.74) is 0.751. The number of nitrogens with one attached hydrogen (secondary N) is 1. The van der Waals surface area contributed by atoms with E-state index >= 15 is 0 Å². The molecule has 0 aliphatic carbocycles. The Morgan fingerprint density at radius 3 is 2.63 bits per heavy atom. The maximum absolute atomic E-state index is 11.9. The van der Waals surface area contributed by atoms with E-state index in [1.54, 1.807) is 17.0 Å². The molecule has 6 nitrogen and oxygen atoms in total. The number of nitrogens with zero attached hydrogens (tertiary/aromatic N) is 1. The molecule has 2 amide bonds. The van der Waals surface area contributed by atoms with Crippen molar-refractivity contribution in [3.8, 4) is 0 Å². The molecule has 1 aliphatic heterocycles. The van der Waals surface area contributed by atoms with Crippen molar-refractivity contribution >= 4 is 23.5 Å². The minimum Gasteiger partial charge on any atom is -0.480 e. The smallest absolute Gasteiger partial charge is 0.322 e. The van der Waals surface area contributed by atoms with E-state index in [-0.39, 0.29) is 18.9 Å². The van der Waals surface area contributed by atoms with E-state index < -0.39 is 24.3 Å². The standard InChI is InChI=1S/C13H14N2O4/c16-11-6-9(13(19)14-7-12(17)18)8-15(11)10-4-2-1-3-5-10/h1-5,9H,6-8H2,(H,14,19)(H,17,18). The largest absolute Gasteiger partial charge is 0.480 e. The Bertz CT molecular complexity index is 501. The second kappa shape index (κ2) is 5.51. The lowest BCUT2D eigenvalue weighted by Crippen LogP contribution is -2.36. The van der Waals surface area contributed by atoms with E-state index in [1.165, 1.54) is 0 Å². The molecule has 1 heterocycles. The molecule has 1 atom stereocenters. The van der Waals surface area contributed by atoms with Crippen molar-refractivity contribution in [1.82, 2.24) is 5.32 Å². The SMILES string of the molecule is O=C(O)CNC(=O)C1CC(=O)N(c2ccccc2)C1. The Labute approximate surface area is 110 Å². The van der Waals surface area contributed by atoms with E-state index in [1.807, 2.05) is 18.2 Å². The molecular formula is C13H14N2O4. The molecule has 1 aliphatic rings. The summed E-state index contributed by atoms with van der Waals surface area (Å²) < 4.78 is 0. The Hall–Kier alpha value is -2.37. The van der Waals surface area contributed by atoms with Gasteiger partial charge in [-0.15, -0.1) is 0 Å². The van der Waals surface area contributed by atoms with E-state index in [9.17, 15) is 14.4 Å². The molecule has 1 unspecified atom stereocenters. The first-order chi connectivity index (χ1) is 9.08. The highest BCUT2D eigenvalue weighted by molar-refractivity contribution is 6.00. The van der Waals surface area contributed by atoms with Crippen LogP contribution in [0.1, 0.15) is 6.42 Å². The van der Waals surface area contributed by atoms with Gasteiger partial charge in [0.2, 0.25) is 11.8 Å². The summed E-state index contributed by atoms with van der Waals surface area (Å²) in [4.78, 5) is 35.5. The first kappa shape index (κ1) is 13.1. The van der Waals surface area contributed by atoms with Gasteiger partial charge in [-0.1, -0.05) is 18.2 Å². The third kappa shape index (κ3) is 3.09. The van der Waals surface area contributed by atoms with Crippen LogP contribution in [0.2, 0.25) is 0 Å². The zero-order valence-electron chi connectivity index (χ0n) is 10.2. The van der Waals surface area contributed by atoms with Crippen LogP contribution in [0.4, 0.5) is 5.69 Å². The number of carboxylic acids is 1. The number of para-hydroxylation sites is 1. The molecule has 0 radical (unpaired) electrons. The maximum Gasteiger partial charge on any atom is 0.322 e. The van der Waals surface area contributed by atoms with Crippen molar-refractivity contribution in [3.63, 3.8) is 0 Å². The van der Waals surface area contributed by atoms with Gasteiger partial charge in [0, 0.05) is 18.7 Å². The molecule has 2 rings (SSSR count). The van der Waals surface area contributed by atoms with E-state index in [0.29, 0.717) is 0 Å². The molecule has 1 aromatic rings. The molecule has 6 heteroatoms. The van der Waals surface area contributed by atoms with Crippen LogP contribution in [0, 0.1) is 5.92 Å². The second-order valence-electron chi connectivity index (χ2n) is 4.35. The van der Waals surface area contributed by atoms with Gasteiger partial charge in [0.25, 0.3) is 0 Å². The van der Waals surface area contributed by atoms with Crippen LogP contribution in [0.3, 0.4) is 0 Å². The summed E-state index contributed by atoms with van der Waals surface area (Å²) in [7, 11) is 0. The van der Waals surface area contributed by atoms with Gasteiger partial charge >= 0.3 is 5.97 Å². The predicted octanol–water partition coefficient (Wildman–Crippen LogP) is 0.240. The van der Waals surface area contributed by atoms with Crippen molar-refractivity contribution < 1.29 is 19.5 Å². The lowest BCUT2D eigenvalue weighted by molar-refractivity contribution is -0.138. The molecule has 0 saturated carbocycles. The van der Waals surface area contributed by atoms with Gasteiger partial charge in [0.15, 0.2) is 0 Å². The Balaban J connectivity index is 1.99. The highest BCUT2D eigenvalue weighted by Crippen LogP contribution is 2.24. The van der Waals surface area contributed by atoms with Gasteiger partial charge in [-0.05, 0) is 12.1 Å². The highest BCUT2D eigenvalue weighted by Gasteiger charge is 2.34. The van der Waals surface area contributed by atoms with Gasteiger partial charge in [0.05, 0.1) is 5.92 Å². The van der Waals surface area contributed by atoms with E-state index in [2.05, 4.69) is 5.32 Å². The number of hydrogen-bond acceptors (Lipinski definition) is 3. The minimum atomic E-state index is -1.10. The van der Waals surface area contributed by atoms with Gasteiger partial charge in [0.1, 0.15) is 6.54 Å². The molecule has 0 spiro atoms. The number of carbonyl (C=O) groups is 3. The molecule has 100 valence electrons. The van der Waals surface area contributed by atoms with E-state index in [4.69, 9.17) is 5.11 Å².